The Balaban J connectivity index is 1.76. The van der Waals surface area contributed by atoms with E-state index in [9.17, 15) is 8.78 Å². The predicted molar refractivity (Wildman–Crippen MR) is 91.5 cm³/mol. The molecule has 24 heavy (non-hydrogen) atoms. The Morgan fingerprint density at radius 2 is 2.12 bits per heavy atom. The molecule has 6 heteroatoms. The molecule has 3 heterocycles. The molecule has 1 saturated heterocycles. The van der Waals surface area contributed by atoms with E-state index in [0.717, 1.165) is 17.3 Å². The van der Waals surface area contributed by atoms with E-state index in [4.69, 9.17) is 4.74 Å². The van der Waals surface area contributed by atoms with Gasteiger partial charge in [0.05, 0.1) is 6.10 Å². The second-order valence-electron chi connectivity index (χ2n) is 6.01. The maximum Gasteiger partial charge on any atom is 0.152 e. The van der Waals surface area contributed by atoms with Crippen molar-refractivity contribution in [1.82, 2.24) is 4.98 Å². The third-order valence-corrected chi connectivity index (χ3v) is 4.96. The van der Waals surface area contributed by atoms with E-state index < -0.39 is 11.6 Å². The van der Waals surface area contributed by atoms with E-state index in [1.807, 2.05) is 18.4 Å². The van der Waals surface area contributed by atoms with E-state index in [-0.39, 0.29) is 17.7 Å². The van der Waals surface area contributed by atoms with Gasteiger partial charge in [-0.05, 0) is 41.4 Å². The molecule has 1 fully saturated rings. The van der Waals surface area contributed by atoms with Crippen LogP contribution in [-0.4, -0.2) is 24.2 Å². The number of pyridine rings is 1. The fraction of sp³-hybridized carbons (Fsp3) is 0.278. The van der Waals surface area contributed by atoms with Crippen LogP contribution < -0.4 is 4.90 Å². The molecule has 0 aliphatic carbocycles. The average Bonchev–Trinajstić information content (AvgIpc) is 3.08. The minimum absolute atomic E-state index is 0.0188. The third kappa shape index (κ3) is 2.76. The van der Waals surface area contributed by atoms with Gasteiger partial charge in [0.15, 0.2) is 5.82 Å². The summed E-state index contributed by atoms with van der Waals surface area (Å²) in [7, 11) is 0. The molecule has 0 spiro atoms. The van der Waals surface area contributed by atoms with Crippen molar-refractivity contribution in [3.63, 3.8) is 0 Å². The first-order valence-corrected chi connectivity index (χ1v) is 8.72. The molecule has 0 amide bonds. The van der Waals surface area contributed by atoms with Crippen LogP contribution >= 0.6 is 11.3 Å². The molecule has 0 saturated carbocycles. The normalized spacial score (nSPS) is 21.4. The van der Waals surface area contributed by atoms with Gasteiger partial charge in [-0.1, -0.05) is 0 Å². The molecule has 4 rings (SSSR count). The quantitative estimate of drug-likeness (QED) is 0.681. The van der Waals surface area contributed by atoms with Gasteiger partial charge in [0.1, 0.15) is 17.4 Å². The van der Waals surface area contributed by atoms with Crippen molar-refractivity contribution in [3.8, 4) is 0 Å². The van der Waals surface area contributed by atoms with Crippen molar-refractivity contribution < 1.29 is 13.5 Å². The number of rotatable bonds is 2. The summed E-state index contributed by atoms with van der Waals surface area (Å²) in [5.41, 5.74) is 2.11. The zero-order chi connectivity index (χ0) is 16.7. The van der Waals surface area contributed by atoms with E-state index in [1.54, 1.807) is 17.5 Å². The summed E-state index contributed by atoms with van der Waals surface area (Å²) in [5, 5.41) is 4.59. The molecule has 3 nitrogen and oxygen atoms in total. The highest BCUT2D eigenvalue weighted by atomic mass is 32.1. The zero-order valence-corrected chi connectivity index (χ0v) is 13.9. The smallest absolute Gasteiger partial charge is 0.152 e. The van der Waals surface area contributed by atoms with Gasteiger partial charge in [-0.3, -0.25) is 4.98 Å². The third-order valence-electron chi connectivity index (χ3n) is 4.26. The molecule has 2 unspecified atom stereocenters. The maximum atomic E-state index is 14.0. The Bertz CT molecular complexity index is 869. The van der Waals surface area contributed by atoms with Gasteiger partial charge in [0, 0.05) is 36.4 Å². The van der Waals surface area contributed by atoms with Crippen molar-refractivity contribution >= 4 is 27.9 Å². The summed E-state index contributed by atoms with van der Waals surface area (Å²) < 4.78 is 33.8. The lowest BCUT2D eigenvalue weighted by atomic mass is 10.1. The van der Waals surface area contributed by atoms with Crippen LogP contribution in [0.2, 0.25) is 0 Å². The number of nitrogens with zero attached hydrogens (tertiary/aromatic N) is 2. The van der Waals surface area contributed by atoms with Crippen LogP contribution in [0, 0.1) is 11.6 Å². The standard InChI is InChI=1S/C18H16F2N2OS/c1-11-8-22(9-17(23-11)12-3-5-24-10-12)16-2-4-21-18-14(16)6-13(19)7-15(18)20/h2-7,10-11,17H,8-9H2,1H3. The zero-order valence-electron chi connectivity index (χ0n) is 13.1. The van der Waals surface area contributed by atoms with Gasteiger partial charge in [-0.15, -0.1) is 0 Å². The Labute approximate surface area is 142 Å². The van der Waals surface area contributed by atoms with Crippen LogP contribution in [0.4, 0.5) is 14.5 Å². The monoisotopic (exact) mass is 346 g/mol. The van der Waals surface area contributed by atoms with Gasteiger partial charge >= 0.3 is 0 Å². The van der Waals surface area contributed by atoms with Gasteiger partial charge < -0.3 is 9.64 Å². The van der Waals surface area contributed by atoms with Crippen molar-refractivity contribution in [1.29, 1.82) is 0 Å². The van der Waals surface area contributed by atoms with Crippen LogP contribution in [0.15, 0.2) is 41.2 Å². The SMILES string of the molecule is CC1CN(c2ccnc3c(F)cc(F)cc23)CC(c2ccsc2)O1. The second-order valence-corrected chi connectivity index (χ2v) is 6.79. The highest BCUT2D eigenvalue weighted by molar-refractivity contribution is 7.07. The molecule has 2 aromatic heterocycles. The molecule has 124 valence electrons. The number of hydrogen-bond donors (Lipinski definition) is 0. The number of hydrogen-bond acceptors (Lipinski definition) is 4. The summed E-state index contributed by atoms with van der Waals surface area (Å²) in [6, 6.07) is 6.08. The van der Waals surface area contributed by atoms with Crippen molar-refractivity contribution in [2.45, 2.75) is 19.1 Å². The Hall–Kier alpha value is -2.05. The molecule has 1 aliphatic heterocycles. The van der Waals surface area contributed by atoms with E-state index >= 15 is 0 Å². The van der Waals surface area contributed by atoms with Crippen molar-refractivity contribution in [2.75, 3.05) is 18.0 Å². The Morgan fingerprint density at radius 3 is 2.92 bits per heavy atom. The summed E-state index contributed by atoms with van der Waals surface area (Å²) >= 11 is 1.63. The summed E-state index contributed by atoms with van der Waals surface area (Å²) in [6.45, 7) is 3.31. The van der Waals surface area contributed by atoms with Gasteiger partial charge in [0.25, 0.3) is 0 Å². The van der Waals surface area contributed by atoms with Crippen LogP contribution in [0.25, 0.3) is 10.9 Å². The van der Waals surface area contributed by atoms with E-state index in [1.165, 1.54) is 6.07 Å². The maximum absolute atomic E-state index is 14.0. The number of aromatic nitrogens is 1. The lowest BCUT2D eigenvalue weighted by Gasteiger charge is -2.38. The van der Waals surface area contributed by atoms with Crippen LogP contribution in [0.1, 0.15) is 18.6 Å². The molecule has 3 aromatic rings. The number of halogens is 2. The molecule has 0 N–H and O–H groups in total. The molecule has 2 atom stereocenters. The average molecular weight is 346 g/mol. The molecule has 0 radical (unpaired) electrons. The number of morpholine rings is 1. The summed E-state index contributed by atoms with van der Waals surface area (Å²) in [4.78, 5) is 6.19. The summed E-state index contributed by atoms with van der Waals surface area (Å²) in [6.07, 6.45) is 1.53. The van der Waals surface area contributed by atoms with Gasteiger partial charge in [-0.25, -0.2) is 8.78 Å². The van der Waals surface area contributed by atoms with Crippen molar-refractivity contribution in [3.05, 3.63) is 58.4 Å². The van der Waals surface area contributed by atoms with Crippen molar-refractivity contribution in [2.24, 2.45) is 0 Å². The van der Waals surface area contributed by atoms with E-state index in [0.29, 0.717) is 18.5 Å². The highest BCUT2D eigenvalue weighted by Gasteiger charge is 2.28. The van der Waals surface area contributed by atoms with Crippen LogP contribution in [0.5, 0.6) is 0 Å². The fourth-order valence-corrected chi connectivity index (χ4v) is 3.93. The van der Waals surface area contributed by atoms with Gasteiger partial charge in [0.2, 0.25) is 0 Å². The van der Waals surface area contributed by atoms with Gasteiger partial charge in [-0.2, -0.15) is 11.3 Å². The number of anilines is 1. The Morgan fingerprint density at radius 1 is 1.25 bits per heavy atom. The topological polar surface area (TPSA) is 25.4 Å². The molecular weight excluding hydrogens is 330 g/mol. The first-order valence-electron chi connectivity index (χ1n) is 7.78. The minimum atomic E-state index is -0.637. The molecule has 0 bridgehead atoms. The van der Waals surface area contributed by atoms with Crippen LogP contribution in [0.3, 0.4) is 0 Å². The number of ether oxygens (including phenoxy) is 1. The fourth-order valence-electron chi connectivity index (χ4n) is 3.23. The number of benzene rings is 1. The first-order chi connectivity index (χ1) is 11.6. The molecule has 1 aromatic carbocycles. The minimum Gasteiger partial charge on any atom is -0.367 e. The lowest BCUT2D eigenvalue weighted by molar-refractivity contribution is -0.0170. The largest absolute Gasteiger partial charge is 0.367 e. The molecule has 1 aliphatic rings. The number of thiophene rings is 1. The summed E-state index contributed by atoms with van der Waals surface area (Å²) in [5.74, 6) is -1.23. The molecular formula is C18H16F2N2OS. The highest BCUT2D eigenvalue weighted by Crippen LogP contribution is 2.33. The Kier molecular flexibility index (Phi) is 3.94. The number of fused-ring (bicyclic) bond motifs is 1. The van der Waals surface area contributed by atoms with Crippen LogP contribution in [-0.2, 0) is 4.74 Å². The lowest BCUT2D eigenvalue weighted by Crippen LogP contribution is -2.43. The first kappa shape index (κ1) is 15.5. The predicted octanol–water partition coefficient (Wildman–Crippen LogP) is 4.54. The van der Waals surface area contributed by atoms with E-state index in [2.05, 4.69) is 21.3 Å². The second kappa shape index (κ2) is 6.11.